The van der Waals surface area contributed by atoms with Gasteiger partial charge in [0.2, 0.25) is 0 Å². The quantitative estimate of drug-likeness (QED) is 0.809. The zero-order valence-electron chi connectivity index (χ0n) is 9.26. The molecule has 0 saturated carbocycles. The van der Waals surface area contributed by atoms with Crippen molar-refractivity contribution >= 4 is 17.3 Å². The molecule has 2 N–H and O–H groups in total. The molecule has 0 radical (unpaired) electrons. The first-order valence-corrected chi connectivity index (χ1v) is 5.69. The van der Waals surface area contributed by atoms with E-state index in [0.29, 0.717) is 6.54 Å². The lowest BCUT2D eigenvalue weighted by Gasteiger charge is -2.25. The van der Waals surface area contributed by atoms with Crippen molar-refractivity contribution in [1.82, 2.24) is 0 Å². The van der Waals surface area contributed by atoms with Gasteiger partial charge >= 0.3 is 0 Å². The second kappa shape index (κ2) is 5.38. The van der Waals surface area contributed by atoms with Crippen molar-refractivity contribution in [3.8, 4) is 0 Å². The highest BCUT2D eigenvalue weighted by Gasteiger charge is 2.21. The molecule has 0 unspecified atom stereocenters. The zero-order valence-corrected chi connectivity index (χ0v) is 10.0. The van der Waals surface area contributed by atoms with Gasteiger partial charge in [-0.25, -0.2) is 0 Å². The molecular formula is C12H18ClNO. The van der Waals surface area contributed by atoms with E-state index in [2.05, 4.69) is 5.32 Å². The molecule has 84 valence electrons. The molecule has 0 bridgehead atoms. The lowest BCUT2D eigenvalue weighted by Crippen LogP contribution is -2.35. The van der Waals surface area contributed by atoms with Gasteiger partial charge in [0.05, 0.1) is 5.60 Å². The zero-order chi connectivity index (χ0) is 11.3. The molecule has 0 heterocycles. The van der Waals surface area contributed by atoms with Gasteiger partial charge in [0.1, 0.15) is 0 Å². The van der Waals surface area contributed by atoms with E-state index in [1.165, 1.54) is 0 Å². The topological polar surface area (TPSA) is 32.3 Å². The summed E-state index contributed by atoms with van der Waals surface area (Å²) in [6.07, 6.45) is 1.51. The molecule has 0 amide bonds. The fourth-order valence-electron chi connectivity index (χ4n) is 1.33. The number of hydrogen-bond donors (Lipinski definition) is 2. The molecule has 0 saturated heterocycles. The van der Waals surface area contributed by atoms with Crippen LogP contribution in [0.1, 0.15) is 26.7 Å². The van der Waals surface area contributed by atoms with E-state index in [4.69, 9.17) is 11.6 Å². The Kier molecular flexibility index (Phi) is 4.43. The Bertz CT molecular complexity index is 293. The smallest absolute Gasteiger partial charge is 0.0814 e. The summed E-state index contributed by atoms with van der Waals surface area (Å²) in [4.78, 5) is 0. The van der Waals surface area contributed by atoms with Crippen LogP contribution in [-0.4, -0.2) is 17.3 Å². The highest BCUT2D eigenvalue weighted by Crippen LogP contribution is 2.18. The molecule has 0 aliphatic carbocycles. The molecule has 0 aliphatic rings. The third-order valence-corrected chi connectivity index (χ3v) is 3.03. The Morgan fingerprint density at radius 1 is 1.20 bits per heavy atom. The highest BCUT2D eigenvalue weighted by molar-refractivity contribution is 6.30. The fourth-order valence-corrected chi connectivity index (χ4v) is 1.46. The van der Waals surface area contributed by atoms with Gasteiger partial charge in [0, 0.05) is 17.3 Å². The van der Waals surface area contributed by atoms with E-state index in [1.54, 1.807) is 0 Å². The Balaban J connectivity index is 2.53. The van der Waals surface area contributed by atoms with E-state index in [-0.39, 0.29) is 0 Å². The molecule has 0 atom stereocenters. The van der Waals surface area contributed by atoms with E-state index in [1.807, 2.05) is 38.1 Å². The summed E-state index contributed by atoms with van der Waals surface area (Å²) in [6, 6.07) is 7.49. The number of halogens is 1. The van der Waals surface area contributed by atoms with E-state index in [0.717, 1.165) is 23.6 Å². The van der Waals surface area contributed by atoms with Gasteiger partial charge in [0.25, 0.3) is 0 Å². The molecule has 0 fully saturated rings. The second-order valence-corrected chi connectivity index (χ2v) is 4.23. The lowest BCUT2D eigenvalue weighted by molar-refractivity contribution is 0.0457. The number of rotatable bonds is 5. The molecule has 0 aromatic heterocycles. The molecular weight excluding hydrogens is 210 g/mol. The standard InChI is InChI=1S/C12H18ClNO/c1-3-12(15,4-2)9-14-11-7-5-10(13)6-8-11/h5-8,14-15H,3-4,9H2,1-2H3. The third-order valence-electron chi connectivity index (χ3n) is 2.78. The largest absolute Gasteiger partial charge is 0.388 e. The average Bonchev–Trinajstić information content (AvgIpc) is 2.28. The van der Waals surface area contributed by atoms with E-state index < -0.39 is 5.60 Å². The van der Waals surface area contributed by atoms with Gasteiger partial charge in [-0.1, -0.05) is 25.4 Å². The van der Waals surface area contributed by atoms with Crippen LogP contribution in [0.4, 0.5) is 5.69 Å². The van der Waals surface area contributed by atoms with Crippen molar-refractivity contribution in [3.63, 3.8) is 0 Å². The van der Waals surface area contributed by atoms with Crippen molar-refractivity contribution in [2.24, 2.45) is 0 Å². The van der Waals surface area contributed by atoms with Gasteiger partial charge in [-0.15, -0.1) is 0 Å². The van der Waals surface area contributed by atoms with E-state index >= 15 is 0 Å². The summed E-state index contributed by atoms with van der Waals surface area (Å²) in [5.74, 6) is 0. The van der Waals surface area contributed by atoms with Crippen LogP contribution in [0.5, 0.6) is 0 Å². The van der Waals surface area contributed by atoms with Crippen molar-refractivity contribution in [2.75, 3.05) is 11.9 Å². The number of aliphatic hydroxyl groups is 1. The van der Waals surface area contributed by atoms with Crippen molar-refractivity contribution < 1.29 is 5.11 Å². The van der Waals surface area contributed by atoms with Gasteiger partial charge < -0.3 is 10.4 Å². The summed E-state index contributed by atoms with van der Waals surface area (Å²) < 4.78 is 0. The Hall–Kier alpha value is -0.730. The minimum Gasteiger partial charge on any atom is -0.388 e. The summed E-state index contributed by atoms with van der Waals surface area (Å²) in [5, 5.41) is 14.0. The van der Waals surface area contributed by atoms with Crippen molar-refractivity contribution in [1.29, 1.82) is 0 Å². The second-order valence-electron chi connectivity index (χ2n) is 3.79. The number of hydrogen-bond acceptors (Lipinski definition) is 2. The first kappa shape index (κ1) is 12.3. The van der Waals surface area contributed by atoms with Crippen LogP contribution < -0.4 is 5.32 Å². The minimum atomic E-state index is -0.611. The first-order valence-electron chi connectivity index (χ1n) is 5.31. The van der Waals surface area contributed by atoms with Gasteiger partial charge in [-0.2, -0.15) is 0 Å². The molecule has 0 aliphatic heterocycles. The summed E-state index contributed by atoms with van der Waals surface area (Å²) in [7, 11) is 0. The Labute approximate surface area is 96.3 Å². The van der Waals surface area contributed by atoms with Crippen LogP contribution in [0.15, 0.2) is 24.3 Å². The number of benzene rings is 1. The van der Waals surface area contributed by atoms with E-state index in [9.17, 15) is 5.11 Å². The van der Waals surface area contributed by atoms with Crippen LogP contribution >= 0.6 is 11.6 Å². The Morgan fingerprint density at radius 2 is 1.73 bits per heavy atom. The molecule has 15 heavy (non-hydrogen) atoms. The summed E-state index contributed by atoms with van der Waals surface area (Å²) in [5.41, 5.74) is 0.374. The highest BCUT2D eigenvalue weighted by atomic mass is 35.5. The van der Waals surface area contributed by atoms with Crippen molar-refractivity contribution in [3.05, 3.63) is 29.3 Å². The van der Waals surface area contributed by atoms with Gasteiger partial charge in [-0.05, 0) is 37.1 Å². The van der Waals surface area contributed by atoms with Crippen LogP contribution in [0.2, 0.25) is 5.02 Å². The number of nitrogens with one attached hydrogen (secondary N) is 1. The Morgan fingerprint density at radius 3 is 2.20 bits per heavy atom. The maximum atomic E-state index is 10.1. The predicted molar refractivity (Wildman–Crippen MR) is 65.5 cm³/mol. The first-order chi connectivity index (χ1) is 7.09. The molecule has 0 spiro atoms. The lowest BCUT2D eigenvalue weighted by atomic mass is 9.97. The fraction of sp³-hybridized carbons (Fsp3) is 0.500. The molecule has 1 aromatic rings. The maximum Gasteiger partial charge on any atom is 0.0814 e. The normalized spacial score (nSPS) is 11.5. The summed E-state index contributed by atoms with van der Waals surface area (Å²) >= 11 is 5.78. The summed E-state index contributed by atoms with van der Waals surface area (Å²) in [6.45, 7) is 4.56. The number of anilines is 1. The molecule has 2 nitrogen and oxygen atoms in total. The third kappa shape index (κ3) is 3.73. The van der Waals surface area contributed by atoms with Crippen LogP contribution in [0.3, 0.4) is 0 Å². The van der Waals surface area contributed by atoms with Crippen LogP contribution in [-0.2, 0) is 0 Å². The van der Waals surface area contributed by atoms with Crippen LogP contribution in [0.25, 0.3) is 0 Å². The molecule has 3 heteroatoms. The van der Waals surface area contributed by atoms with Gasteiger partial charge in [0.15, 0.2) is 0 Å². The molecule has 1 rings (SSSR count). The predicted octanol–water partition coefficient (Wildman–Crippen LogP) is 3.30. The molecule has 1 aromatic carbocycles. The average molecular weight is 228 g/mol. The van der Waals surface area contributed by atoms with Crippen molar-refractivity contribution in [2.45, 2.75) is 32.3 Å². The SMILES string of the molecule is CCC(O)(CC)CNc1ccc(Cl)cc1. The van der Waals surface area contributed by atoms with Gasteiger partial charge in [-0.3, -0.25) is 0 Å². The van der Waals surface area contributed by atoms with Crippen LogP contribution in [0, 0.1) is 0 Å². The minimum absolute atomic E-state index is 0.571. The monoisotopic (exact) mass is 227 g/mol. The maximum absolute atomic E-state index is 10.1.